The zero-order chi connectivity index (χ0) is 22.0. The molecule has 160 valence electrons. The number of likely N-dealkylation sites (tertiary alicyclic amines) is 1. The van der Waals surface area contributed by atoms with Crippen molar-refractivity contribution in [1.82, 2.24) is 15.3 Å². The first-order valence-corrected chi connectivity index (χ1v) is 10.3. The van der Waals surface area contributed by atoms with E-state index in [1.54, 1.807) is 37.6 Å². The first-order valence-electron chi connectivity index (χ1n) is 10.3. The second-order valence-electron chi connectivity index (χ2n) is 7.75. The van der Waals surface area contributed by atoms with Crippen molar-refractivity contribution in [1.29, 1.82) is 5.26 Å². The molecule has 0 atom stereocenters. The van der Waals surface area contributed by atoms with E-state index >= 15 is 0 Å². The van der Waals surface area contributed by atoms with Crippen LogP contribution in [0.3, 0.4) is 0 Å². The van der Waals surface area contributed by atoms with Crippen molar-refractivity contribution in [2.24, 2.45) is 0 Å². The van der Waals surface area contributed by atoms with Crippen molar-refractivity contribution in [3.05, 3.63) is 64.7 Å². The van der Waals surface area contributed by atoms with E-state index in [1.165, 1.54) is 5.01 Å². The first-order chi connectivity index (χ1) is 15.0. The molecule has 0 bridgehead atoms. The van der Waals surface area contributed by atoms with Crippen molar-refractivity contribution in [2.75, 3.05) is 31.8 Å². The fraction of sp³-hybridized carbons (Fsp3) is 0.348. The van der Waals surface area contributed by atoms with E-state index in [-0.39, 0.29) is 17.9 Å². The molecule has 31 heavy (non-hydrogen) atoms. The van der Waals surface area contributed by atoms with Crippen molar-refractivity contribution >= 4 is 17.3 Å². The van der Waals surface area contributed by atoms with Gasteiger partial charge < -0.3 is 14.7 Å². The highest BCUT2D eigenvalue weighted by Crippen LogP contribution is 2.29. The van der Waals surface area contributed by atoms with Gasteiger partial charge in [-0.1, -0.05) is 6.07 Å². The number of carbonyl (C=O) groups is 1. The molecule has 8 heteroatoms. The Morgan fingerprint density at radius 3 is 2.68 bits per heavy atom. The molecule has 2 aromatic rings. The third-order valence-corrected chi connectivity index (χ3v) is 5.86. The highest BCUT2D eigenvalue weighted by Gasteiger charge is 2.27. The number of aromatic nitrogens is 1. The molecule has 2 aliphatic heterocycles. The third-order valence-electron chi connectivity index (χ3n) is 5.86. The van der Waals surface area contributed by atoms with E-state index in [1.807, 2.05) is 17.9 Å². The molecule has 0 saturated carbocycles. The molecular weight excluding hydrogens is 394 g/mol. The summed E-state index contributed by atoms with van der Waals surface area (Å²) in [6.07, 6.45) is 3.43. The van der Waals surface area contributed by atoms with Crippen LogP contribution in [-0.4, -0.2) is 53.7 Å². The molecule has 3 heterocycles. The number of carbonyl (C=O) groups excluding carboxylic acids is 1. The minimum Gasteiger partial charge on any atom is -0.493 e. The number of methoxy groups -OCH3 is 1. The quantitative estimate of drug-likeness (QED) is 0.786. The second kappa shape index (κ2) is 8.76. The third kappa shape index (κ3) is 4.10. The molecule has 1 amide bonds. The SMILES string of the molecule is COC1CCN(C(=O)c2ccc(N3NCC(c4ccc(C#N)cc4C)=C3O)nc2)CC1. The number of nitrogens with zero attached hydrogens (tertiary/aromatic N) is 4. The van der Waals surface area contributed by atoms with Crippen LogP contribution in [0, 0.1) is 18.3 Å². The van der Waals surface area contributed by atoms with Crippen molar-refractivity contribution in [2.45, 2.75) is 25.9 Å². The molecule has 8 nitrogen and oxygen atoms in total. The average molecular weight is 419 g/mol. The van der Waals surface area contributed by atoms with Gasteiger partial charge in [0.05, 0.1) is 23.3 Å². The number of ether oxygens (including phenoxy) is 1. The molecule has 2 aliphatic rings. The van der Waals surface area contributed by atoms with Gasteiger partial charge in [0, 0.05) is 38.5 Å². The smallest absolute Gasteiger partial charge is 0.255 e. The number of amides is 1. The number of rotatable bonds is 4. The number of nitriles is 1. The molecular formula is C23H25N5O3. The Morgan fingerprint density at radius 1 is 1.29 bits per heavy atom. The lowest BCUT2D eigenvalue weighted by Gasteiger charge is -2.31. The Kier molecular flexibility index (Phi) is 5.89. The van der Waals surface area contributed by atoms with Crippen LogP contribution in [0.2, 0.25) is 0 Å². The predicted octanol–water partition coefficient (Wildman–Crippen LogP) is 2.76. The monoisotopic (exact) mass is 419 g/mol. The van der Waals surface area contributed by atoms with E-state index in [0.29, 0.717) is 36.6 Å². The summed E-state index contributed by atoms with van der Waals surface area (Å²) in [5.74, 6) is 0.506. The molecule has 0 aliphatic carbocycles. The zero-order valence-corrected chi connectivity index (χ0v) is 17.6. The molecule has 1 saturated heterocycles. The Morgan fingerprint density at radius 2 is 2.06 bits per heavy atom. The summed E-state index contributed by atoms with van der Waals surface area (Å²) in [7, 11) is 1.70. The van der Waals surface area contributed by atoms with Gasteiger partial charge in [0.25, 0.3) is 5.91 Å². The summed E-state index contributed by atoms with van der Waals surface area (Å²) in [6, 6.07) is 10.9. The maximum atomic E-state index is 12.8. The largest absolute Gasteiger partial charge is 0.493 e. The van der Waals surface area contributed by atoms with E-state index in [0.717, 1.165) is 29.5 Å². The minimum atomic E-state index is -0.0448. The Bertz CT molecular complexity index is 1050. The fourth-order valence-electron chi connectivity index (χ4n) is 4.05. The van der Waals surface area contributed by atoms with Crippen LogP contribution < -0.4 is 10.4 Å². The highest BCUT2D eigenvalue weighted by atomic mass is 16.5. The maximum absolute atomic E-state index is 12.8. The number of hydrogen-bond donors (Lipinski definition) is 2. The molecule has 1 aromatic heterocycles. The standard InChI is InChI=1S/C23H25N5O3/c1-15-11-16(12-24)3-5-19(15)20-14-26-28(23(20)30)21-6-4-17(13-25-21)22(29)27-9-7-18(31-2)8-10-27/h3-6,11,13,18,26,30H,7-10,14H2,1-2H3. The summed E-state index contributed by atoms with van der Waals surface area (Å²) < 4.78 is 5.36. The van der Waals surface area contributed by atoms with Gasteiger partial charge in [-0.3, -0.25) is 4.79 Å². The highest BCUT2D eigenvalue weighted by molar-refractivity contribution is 5.94. The number of pyridine rings is 1. The fourth-order valence-corrected chi connectivity index (χ4v) is 4.05. The Balaban J connectivity index is 1.49. The van der Waals surface area contributed by atoms with Gasteiger partial charge in [-0.15, -0.1) is 0 Å². The van der Waals surface area contributed by atoms with Crippen LogP contribution in [-0.2, 0) is 4.74 Å². The van der Waals surface area contributed by atoms with Gasteiger partial charge in [-0.25, -0.2) is 15.4 Å². The number of hydrazine groups is 1. The molecule has 0 spiro atoms. The predicted molar refractivity (Wildman–Crippen MR) is 116 cm³/mol. The molecule has 4 rings (SSSR count). The lowest BCUT2D eigenvalue weighted by atomic mass is 9.99. The van der Waals surface area contributed by atoms with Crippen LogP contribution in [0.4, 0.5) is 5.82 Å². The topological polar surface area (TPSA) is 102 Å². The first kappa shape index (κ1) is 20.8. The minimum absolute atomic E-state index is 0.0448. The number of aryl methyl sites for hydroxylation is 1. The number of nitrogens with one attached hydrogen (secondary N) is 1. The normalized spacial score (nSPS) is 17.2. The Hall–Kier alpha value is -3.41. The number of aliphatic hydroxyl groups excluding tert-OH is 1. The second-order valence-corrected chi connectivity index (χ2v) is 7.75. The van der Waals surface area contributed by atoms with Crippen molar-refractivity contribution in [3.63, 3.8) is 0 Å². The van der Waals surface area contributed by atoms with Crippen LogP contribution in [0.25, 0.3) is 5.57 Å². The van der Waals surface area contributed by atoms with E-state index in [9.17, 15) is 9.90 Å². The van der Waals surface area contributed by atoms with Gasteiger partial charge >= 0.3 is 0 Å². The molecule has 0 unspecified atom stereocenters. The summed E-state index contributed by atoms with van der Waals surface area (Å²) in [6.45, 7) is 3.68. The molecule has 0 radical (unpaired) electrons. The van der Waals surface area contributed by atoms with E-state index in [2.05, 4.69) is 16.5 Å². The molecule has 1 aromatic carbocycles. The lowest BCUT2D eigenvalue weighted by Crippen LogP contribution is -2.40. The summed E-state index contributed by atoms with van der Waals surface area (Å²) in [4.78, 5) is 19.0. The molecule has 1 fully saturated rings. The number of piperidine rings is 1. The van der Waals surface area contributed by atoms with Gasteiger partial charge in [0.15, 0.2) is 0 Å². The van der Waals surface area contributed by atoms with Crippen LogP contribution in [0.5, 0.6) is 0 Å². The maximum Gasteiger partial charge on any atom is 0.255 e. The zero-order valence-electron chi connectivity index (χ0n) is 17.6. The van der Waals surface area contributed by atoms with Gasteiger partial charge in [-0.05, 0) is 55.2 Å². The number of hydrogen-bond acceptors (Lipinski definition) is 7. The summed E-state index contributed by atoms with van der Waals surface area (Å²) >= 11 is 0. The summed E-state index contributed by atoms with van der Waals surface area (Å²) in [5.41, 5.74) is 6.74. The van der Waals surface area contributed by atoms with Crippen molar-refractivity contribution in [3.8, 4) is 6.07 Å². The number of anilines is 1. The number of benzene rings is 1. The summed E-state index contributed by atoms with van der Waals surface area (Å²) in [5, 5.41) is 21.3. The van der Waals surface area contributed by atoms with Gasteiger partial charge in [0.1, 0.15) is 5.82 Å². The van der Waals surface area contributed by atoms with Gasteiger partial charge in [-0.2, -0.15) is 5.26 Å². The van der Waals surface area contributed by atoms with Crippen molar-refractivity contribution < 1.29 is 14.6 Å². The average Bonchev–Trinajstić information content (AvgIpc) is 3.19. The van der Waals surface area contributed by atoms with E-state index in [4.69, 9.17) is 10.00 Å². The van der Waals surface area contributed by atoms with Gasteiger partial charge in [0.2, 0.25) is 5.88 Å². The number of aliphatic hydroxyl groups is 1. The Labute approximate surface area is 181 Å². The van der Waals surface area contributed by atoms with Crippen LogP contribution in [0.15, 0.2) is 42.4 Å². The molecule has 2 N–H and O–H groups in total. The van der Waals surface area contributed by atoms with Crippen LogP contribution >= 0.6 is 0 Å². The lowest BCUT2D eigenvalue weighted by molar-refractivity contribution is 0.0350. The van der Waals surface area contributed by atoms with Crippen LogP contribution in [0.1, 0.15) is 39.9 Å². The van der Waals surface area contributed by atoms with E-state index < -0.39 is 0 Å².